The maximum Gasteiger partial charge on any atom is 0.248 e. The van der Waals surface area contributed by atoms with Crippen LogP contribution in [0, 0.1) is 0 Å². The number of thioether (sulfide) groups is 1. The number of aromatic amines is 1. The second-order valence-corrected chi connectivity index (χ2v) is 8.78. The molecule has 5 nitrogen and oxygen atoms in total. The lowest BCUT2D eigenvalue weighted by Gasteiger charge is -2.25. The first kappa shape index (κ1) is 16.1. The molecule has 0 spiro atoms. The van der Waals surface area contributed by atoms with Crippen molar-refractivity contribution < 1.29 is 8.42 Å². The van der Waals surface area contributed by atoms with Crippen molar-refractivity contribution in [1.29, 1.82) is 0 Å². The van der Waals surface area contributed by atoms with Crippen LogP contribution in [-0.2, 0) is 10.0 Å². The van der Waals surface area contributed by atoms with E-state index in [1.165, 1.54) is 22.6 Å². The molecule has 1 N–H and O–H groups in total. The van der Waals surface area contributed by atoms with Crippen LogP contribution >= 0.6 is 35.0 Å². The minimum Gasteiger partial charge on any atom is -0.358 e. The topological polar surface area (TPSA) is 70.2 Å². The summed E-state index contributed by atoms with van der Waals surface area (Å²) in [6, 6.07) is 2.92. The molecule has 0 radical (unpaired) electrons. The van der Waals surface area contributed by atoms with Crippen LogP contribution in [-0.4, -0.2) is 42.3 Å². The Hall–Kier alpha value is -0.730. The maximum absolute atomic E-state index is 12.7. The van der Waals surface area contributed by atoms with Gasteiger partial charge in [-0.3, -0.25) is 4.79 Å². The third-order valence-electron chi connectivity index (χ3n) is 3.46. The van der Waals surface area contributed by atoms with Crippen LogP contribution in [0.2, 0.25) is 10.0 Å². The second kappa shape index (κ2) is 6.05. The van der Waals surface area contributed by atoms with E-state index in [2.05, 4.69) is 4.98 Å². The fraction of sp³-hybridized carbons (Fsp3) is 0.308. The molecule has 0 amide bonds. The Kier molecular flexibility index (Phi) is 4.44. The lowest BCUT2D eigenvalue weighted by molar-refractivity contribution is 0.443. The summed E-state index contributed by atoms with van der Waals surface area (Å²) in [5, 5.41) is 0.731. The van der Waals surface area contributed by atoms with Gasteiger partial charge in [0.15, 0.2) is 0 Å². The van der Waals surface area contributed by atoms with Crippen molar-refractivity contribution in [2.24, 2.45) is 0 Å². The zero-order valence-electron chi connectivity index (χ0n) is 11.3. The predicted molar refractivity (Wildman–Crippen MR) is 90.7 cm³/mol. The number of halogens is 2. The number of hydrogen-bond donors (Lipinski definition) is 1. The number of nitrogens with one attached hydrogen (secondary N) is 1. The number of H-pyrrole nitrogens is 1. The highest BCUT2D eigenvalue weighted by molar-refractivity contribution is 7.99. The van der Waals surface area contributed by atoms with Gasteiger partial charge in [-0.25, -0.2) is 8.42 Å². The first-order chi connectivity index (χ1) is 10.4. The highest BCUT2D eigenvalue weighted by Gasteiger charge is 2.29. The molecule has 0 bridgehead atoms. The fourth-order valence-corrected chi connectivity index (χ4v) is 5.53. The van der Waals surface area contributed by atoms with E-state index in [9.17, 15) is 13.2 Å². The van der Waals surface area contributed by atoms with Crippen molar-refractivity contribution in [1.82, 2.24) is 9.29 Å². The molecule has 0 aliphatic carbocycles. The molecule has 1 fully saturated rings. The quantitative estimate of drug-likeness (QED) is 0.871. The van der Waals surface area contributed by atoms with E-state index in [1.54, 1.807) is 11.8 Å². The molecule has 0 atom stereocenters. The smallest absolute Gasteiger partial charge is 0.248 e. The fourth-order valence-electron chi connectivity index (χ4n) is 2.35. The van der Waals surface area contributed by atoms with Crippen molar-refractivity contribution >= 4 is 55.9 Å². The van der Waals surface area contributed by atoms with Gasteiger partial charge in [0.05, 0.1) is 10.5 Å². The molecule has 1 saturated heterocycles. The zero-order valence-corrected chi connectivity index (χ0v) is 14.4. The SMILES string of the molecule is O=c1c(S(=O)(=O)N2CCSCC2)c[nH]c2c(Cl)cc(Cl)cc12. The number of fused-ring (bicyclic) bond motifs is 1. The van der Waals surface area contributed by atoms with Gasteiger partial charge in [0.25, 0.3) is 0 Å². The van der Waals surface area contributed by atoms with Crippen LogP contribution in [0.15, 0.2) is 28.0 Å². The molecule has 9 heteroatoms. The summed E-state index contributed by atoms with van der Waals surface area (Å²) in [6.45, 7) is 0.807. The van der Waals surface area contributed by atoms with E-state index >= 15 is 0 Å². The molecule has 0 saturated carbocycles. The van der Waals surface area contributed by atoms with Crippen molar-refractivity contribution in [3.05, 3.63) is 38.6 Å². The average molecular weight is 379 g/mol. The van der Waals surface area contributed by atoms with Crippen molar-refractivity contribution in [2.75, 3.05) is 24.6 Å². The van der Waals surface area contributed by atoms with Crippen molar-refractivity contribution in [3.8, 4) is 0 Å². The van der Waals surface area contributed by atoms with E-state index in [1.807, 2.05) is 0 Å². The van der Waals surface area contributed by atoms with E-state index in [4.69, 9.17) is 23.2 Å². The number of aromatic nitrogens is 1. The first-order valence-electron chi connectivity index (χ1n) is 6.49. The zero-order chi connectivity index (χ0) is 15.9. The normalized spacial score (nSPS) is 17.0. The maximum atomic E-state index is 12.7. The van der Waals surface area contributed by atoms with E-state index in [0.29, 0.717) is 18.6 Å². The Labute approximate surface area is 141 Å². The van der Waals surface area contributed by atoms with Gasteiger partial charge in [0.2, 0.25) is 15.5 Å². The molecular formula is C13H12Cl2N2O3S2. The summed E-state index contributed by atoms with van der Waals surface area (Å²) in [4.78, 5) is 15.1. The van der Waals surface area contributed by atoms with E-state index in [-0.39, 0.29) is 20.3 Å². The molecule has 1 aliphatic heterocycles. The number of benzene rings is 1. The van der Waals surface area contributed by atoms with Gasteiger partial charge in [-0.2, -0.15) is 16.1 Å². The molecule has 118 valence electrons. The van der Waals surface area contributed by atoms with Gasteiger partial charge < -0.3 is 4.98 Å². The Bertz CT molecular complexity index is 890. The third kappa shape index (κ3) is 2.76. The Morgan fingerprint density at radius 3 is 2.55 bits per heavy atom. The molecule has 1 aliphatic rings. The van der Waals surface area contributed by atoms with Crippen LogP contribution in [0.4, 0.5) is 0 Å². The van der Waals surface area contributed by atoms with E-state index in [0.717, 1.165) is 11.5 Å². The van der Waals surface area contributed by atoms with E-state index < -0.39 is 15.5 Å². The van der Waals surface area contributed by atoms with Gasteiger partial charge in [-0.05, 0) is 12.1 Å². The standard InChI is InChI=1S/C13H12Cl2N2O3S2/c14-8-5-9-12(10(15)6-8)16-7-11(13(9)18)22(19,20)17-1-3-21-4-2-17/h5-7H,1-4H2,(H,16,18). The van der Waals surface area contributed by atoms with Gasteiger partial charge in [-0.1, -0.05) is 23.2 Å². The molecule has 2 aromatic rings. The first-order valence-corrected chi connectivity index (χ1v) is 9.84. The Morgan fingerprint density at radius 2 is 1.86 bits per heavy atom. The third-order valence-corrected chi connectivity index (χ3v) is 6.82. The second-order valence-electron chi connectivity index (χ2n) is 4.81. The largest absolute Gasteiger partial charge is 0.358 e. The lowest BCUT2D eigenvalue weighted by Crippen LogP contribution is -2.39. The molecule has 1 aromatic heterocycles. The average Bonchev–Trinajstić information content (AvgIpc) is 2.49. The molecular weight excluding hydrogens is 367 g/mol. The van der Waals surface area contributed by atoms with Crippen molar-refractivity contribution in [3.63, 3.8) is 0 Å². The number of hydrogen-bond acceptors (Lipinski definition) is 4. The minimum absolute atomic E-state index is 0.171. The number of sulfonamides is 1. The monoisotopic (exact) mass is 378 g/mol. The highest BCUT2D eigenvalue weighted by atomic mass is 35.5. The summed E-state index contributed by atoms with van der Waals surface area (Å²) >= 11 is 13.6. The van der Waals surface area contributed by atoms with Gasteiger partial charge in [0, 0.05) is 41.2 Å². The van der Waals surface area contributed by atoms with Crippen molar-refractivity contribution in [2.45, 2.75) is 4.90 Å². The van der Waals surface area contributed by atoms with Crippen LogP contribution in [0.3, 0.4) is 0 Å². The van der Waals surface area contributed by atoms with Crippen LogP contribution in [0.5, 0.6) is 0 Å². The molecule has 22 heavy (non-hydrogen) atoms. The lowest BCUT2D eigenvalue weighted by atomic mass is 10.2. The summed E-state index contributed by atoms with van der Waals surface area (Å²) in [7, 11) is -3.82. The molecule has 1 aromatic carbocycles. The number of nitrogens with zero attached hydrogens (tertiary/aromatic N) is 1. The molecule has 3 rings (SSSR count). The Balaban J connectivity index is 2.20. The summed E-state index contributed by atoms with van der Waals surface area (Å²) < 4.78 is 26.6. The summed E-state index contributed by atoms with van der Waals surface area (Å²) in [5.74, 6) is 1.45. The van der Waals surface area contributed by atoms with Crippen LogP contribution in [0.1, 0.15) is 0 Å². The van der Waals surface area contributed by atoms with Crippen LogP contribution in [0.25, 0.3) is 10.9 Å². The number of pyridine rings is 1. The summed E-state index contributed by atoms with van der Waals surface area (Å²) in [5.41, 5.74) is -0.208. The number of rotatable bonds is 2. The molecule has 2 heterocycles. The summed E-state index contributed by atoms with van der Waals surface area (Å²) in [6.07, 6.45) is 1.21. The van der Waals surface area contributed by atoms with Gasteiger partial charge in [0.1, 0.15) is 4.90 Å². The molecule has 0 unspecified atom stereocenters. The van der Waals surface area contributed by atoms with Crippen LogP contribution < -0.4 is 5.43 Å². The predicted octanol–water partition coefficient (Wildman–Crippen LogP) is 2.57. The minimum atomic E-state index is -3.82. The van der Waals surface area contributed by atoms with Gasteiger partial charge >= 0.3 is 0 Å². The highest BCUT2D eigenvalue weighted by Crippen LogP contribution is 2.26. The van der Waals surface area contributed by atoms with Gasteiger partial charge in [-0.15, -0.1) is 0 Å². The Morgan fingerprint density at radius 1 is 1.18 bits per heavy atom.